The summed E-state index contributed by atoms with van der Waals surface area (Å²) < 4.78 is 5.50. The van der Waals surface area contributed by atoms with Gasteiger partial charge in [-0.05, 0) is 42.7 Å². The fourth-order valence-electron chi connectivity index (χ4n) is 1.94. The molecule has 1 amide bonds. The summed E-state index contributed by atoms with van der Waals surface area (Å²) in [5.41, 5.74) is 0.819. The number of aromatic nitrogens is 2. The van der Waals surface area contributed by atoms with Crippen molar-refractivity contribution in [3.05, 3.63) is 54.6 Å². The third-order valence-corrected chi connectivity index (χ3v) is 4.88. The summed E-state index contributed by atoms with van der Waals surface area (Å²) in [5, 5.41) is 10.5. The van der Waals surface area contributed by atoms with Gasteiger partial charge in [0.1, 0.15) is 0 Å². The van der Waals surface area contributed by atoms with E-state index in [1.54, 1.807) is 11.8 Å². The molecule has 0 atom stereocenters. The molecule has 0 saturated carbocycles. The highest BCUT2D eigenvalue weighted by Gasteiger charge is 2.11. The van der Waals surface area contributed by atoms with E-state index < -0.39 is 0 Å². The van der Waals surface area contributed by atoms with E-state index in [-0.39, 0.29) is 17.7 Å². The van der Waals surface area contributed by atoms with Crippen molar-refractivity contribution < 1.29 is 9.21 Å². The van der Waals surface area contributed by atoms with Gasteiger partial charge in [0.15, 0.2) is 0 Å². The fraction of sp³-hybridized carbons (Fsp3) is 0.118. The number of benzene rings is 2. The van der Waals surface area contributed by atoms with Crippen molar-refractivity contribution >= 4 is 35.4 Å². The second-order valence-corrected chi connectivity index (χ2v) is 6.72. The Hall–Kier alpha value is -2.25. The summed E-state index contributed by atoms with van der Waals surface area (Å²) in [5.74, 6) is 0.481. The van der Waals surface area contributed by atoms with Crippen molar-refractivity contribution in [1.29, 1.82) is 0 Å². The second kappa shape index (κ2) is 8.03. The Morgan fingerprint density at radius 3 is 2.50 bits per heavy atom. The highest BCUT2D eigenvalue weighted by Crippen LogP contribution is 2.23. The van der Waals surface area contributed by atoms with Crippen LogP contribution in [-0.2, 0) is 4.79 Å². The third-order valence-electron chi connectivity index (χ3n) is 3.12. The van der Waals surface area contributed by atoms with E-state index in [1.165, 1.54) is 11.8 Å². The van der Waals surface area contributed by atoms with Crippen LogP contribution in [0.3, 0.4) is 0 Å². The van der Waals surface area contributed by atoms with Gasteiger partial charge >= 0.3 is 6.01 Å². The summed E-state index contributed by atoms with van der Waals surface area (Å²) in [6.45, 7) is 0. The zero-order valence-corrected chi connectivity index (χ0v) is 14.6. The summed E-state index contributed by atoms with van der Waals surface area (Å²) in [6.07, 6.45) is 2.02. The van der Waals surface area contributed by atoms with Gasteiger partial charge in [0.25, 0.3) is 0 Å². The minimum Gasteiger partial charge on any atom is -0.403 e. The molecule has 0 unspecified atom stereocenters. The molecule has 1 heterocycles. The number of carbonyl (C=O) groups is 1. The second-order valence-electron chi connectivity index (χ2n) is 4.79. The van der Waals surface area contributed by atoms with Crippen LogP contribution in [0, 0.1) is 0 Å². The topological polar surface area (TPSA) is 68.0 Å². The largest absolute Gasteiger partial charge is 0.403 e. The van der Waals surface area contributed by atoms with E-state index in [4.69, 9.17) is 4.42 Å². The van der Waals surface area contributed by atoms with Gasteiger partial charge in [-0.2, -0.15) is 0 Å². The van der Waals surface area contributed by atoms with Crippen LogP contribution in [0.4, 0.5) is 6.01 Å². The monoisotopic (exact) mass is 357 g/mol. The van der Waals surface area contributed by atoms with Gasteiger partial charge in [0, 0.05) is 15.4 Å². The van der Waals surface area contributed by atoms with Crippen LogP contribution in [0.15, 0.2) is 68.8 Å². The first-order valence-corrected chi connectivity index (χ1v) is 9.41. The molecule has 3 aromatic rings. The maximum Gasteiger partial charge on any atom is 0.322 e. The van der Waals surface area contributed by atoms with E-state index in [0.717, 1.165) is 15.4 Å². The highest BCUT2D eigenvalue weighted by atomic mass is 32.2. The number of anilines is 1. The van der Waals surface area contributed by atoms with Crippen LogP contribution in [-0.4, -0.2) is 28.1 Å². The van der Waals surface area contributed by atoms with Crippen molar-refractivity contribution in [1.82, 2.24) is 10.2 Å². The van der Waals surface area contributed by atoms with Gasteiger partial charge in [-0.3, -0.25) is 10.1 Å². The molecule has 0 bridgehead atoms. The number of hydrogen-bond acceptors (Lipinski definition) is 6. The predicted octanol–water partition coefficient (Wildman–Crippen LogP) is 4.19. The zero-order chi connectivity index (χ0) is 16.8. The maximum atomic E-state index is 12.0. The van der Waals surface area contributed by atoms with Gasteiger partial charge < -0.3 is 4.42 Å². The van der Waals surface area contributed by atoms with Crippen LogP contribution in [0.2, 0.25) is 0 Å². The Morgan fingerprint density at radius 2 is 1.79 bits per heavy atom. The third kappa shape index (κ3) is 4.39. The van der Waals surface area contributed by atoms with Crippen LogP contribution in [0.1, 0.15) is 0 Å². The van der Waals surface area contributed by atoms with Crippen LogP contribution in [0.25, 0.3) is 11.5 Å². The lowest BCUT2D eigenvalue weighted by molar-refractivity contribution is -0.113. The van der Waals surface area contributed by atoms with Crippen molar-refractivity contribution in [2.24, 2.45) is 0 Å². The number of thioether (sulfide) groups is 2. The van der Waals surface area contributed by atoms with E-state index >= 15 is 0 Å². The Bertz CT molecular complexity index is 804. The van der Waals surface area contributed by atoms with E-state index in [1.807, 2.05) is 60.9 Å². The average Bonchev–Trinajstić information content (AvgIpc) is 3.09. The van der Waals surface area contributed by atoms with Crippen LogP contribution in [0.5, 0.6) is 0 Å². The van der Waals surface area contributed by atoms with Crippen LogP contribution >= 0.6 is 23.5 Å². The van der Waals surface area contributed by atoms with E-state index in [0.29, 0.717) is 5.89 Å². The molecule has 2 aromatic carbocycles. The minimum absolute atomic E-state index is 0.109. The molecule has 0 fully saturated rings. The lowest BCUT2D eigenvalue weighted by atomic mass is 10.2. The molecular formula is C17H15N3O2S2. The Kier molecular flexibility index (Phi) is 5.55. The van der Waals surface area contributed by atoms with Gasteiger partial charge in [-0.15, -0.1) is 28.6 Å². The Labute approximate surface area is 148 Å². The molecule has 0 aliphatic carbocycles. The van der Waals surface area contributed by atoms with Crippen molar-refractivity contribution in [3.8, 4) is 11.5 Å². The Balaban J connectivity index is 1.58. The number of amides is 1. The predicted molar refractivity (Wildman–Crippen MR) is 97.3 cm³/mol. The molecule has 7 heteroatoms. The first-order valence-electron chi connectivity index (χ1n) is 7.20. The van der Waals surface area contributed by atoms with E-state index in [9.17, 15) is 4.79 Å². The van der Waals surface area contributed by atoms with Gasteiger partial charge in [0.05, 0.1) is 5.75 Å². The summed E-state index contributed by atoms with van der Waals surface area (Å²) in [4.78, 5) is 14.1. The quantitative estimate of drug-likeness (QED) is 0.667. The van der Waals surface area contributed by atoms with Crippen molar-refractivity contribution in [3.63, 3.8) is 0 Å². The van der Waals surface area contributed by atoms with Gasteiger partial charge in [-0.1, -0.05) is 23.3 Å². The molecule has 5 nitrogen and oxygen atoms in total. The molecule has 0 radical (unpaired) electrons. The molecule has 0 aliphatic rings. The standard InChI is InChI=1S/C17H15N3O2S2/c1-23-13-9-7-12(8-10-13)16-19-20-17(22-16)18-15(21)11-24-14-5-3-2-4-6-14/h2-10H,11H2,1H3,(H,18,20,21). The fourth-order valence-corrected chi connectivity index (χ4v) is 3.07. The number of carbonyl (C=O) groups excluding carboxylic acids is 1. The Morgan fingerprint density at radius 1 is 1.04 bits per heavy atom. The smallest absolute Gasteiger partial charge is 0.322 e. The van der Waals surface area contributed by atoms with Crippen molar-refractivity contribution in [2.75, 3.05) is 17.3 Å². The van der Waals surface area contributed by atoms with Gasteiger partial charge in [-0.25, -0.2) is 0 Å². The molecular weight excluding hydrogens is 342 g/mol. The lowest BCUT2D eigenvalue weighted by Crippen LogP contribution is -2.14. The maximum absolute atomic E-state index is 12.0. The molecule has 3 rings (SSSR count). The first-order chi connectivity index (χ1) is 11.7. The number of nitrogens with one attached hydrogen (secondary N) is 1. The number of rotatable bonds is 6. The lowest BCUT2D eigenvalue weighted by Gasteiger charge is -2.01. The number of nitrogens with zero attached hydrogens (tertiary/aromatic N) is 2. The molecule has 0 aliphatic heterocycles. The zero-order valence-electron chi connectivity index (χ0n) is 12.9. The SMILES string of the molecule is CSc1ccc(-c2nnc(NC(=O)CSc3ccccc3)o2)cc1. The molecule has 0 spiro atoms. The first kappa shape index (κ1) is 16.6. The molecule has 24 heavy (non-hydrogen) atoms. The molecule has 1 aromatic heterocycles. The number of hydrogen-bond donors (Lipinski definition) is 1. The molecule has 1 N–H and O–H groups in total. The average molecular weight is 357 g/mol. The molecule has 122 valence electrons. The minimum atomic E-state index is -0.184. The summed E-state index contributed by atoms with van der Waals surface area (Å²) in [7, 11) is 0. The van der Waals surface area contributed by atoms with Crippen molar-refractivity contribution in [2.45, 2.75) is 9.79 Å². The molecule has 0 saturated heterocycles. The van der Waals surface area contributed by atoms with E-state index in [2.05, 4.69) is 15.5 Å². The summed E-state index contributed by atoms with van der Waals surface area (Å²) >= 11 is 3.11. The van der Waals surface area contributed by atoms with Gasteiger partial charge in [0.2, 0.25) is 11.8 Å². The van der Waals surface area contributed by atoms with Crippen LogP contribution < -0.4 is 5.32 Å². The summed E-state index contributed by atoms with van der Waals surface area (Å²) in [6, 6.07) is 17.6. The highest BCUT2D eigenvalue weighted by molar-refractivity contribution is 8.00. The normalized spacial score (nSPS) is 10.5.